The van der Waals surface area contributed by atoms with E-state index < -0.39 is 0 Å². The third-order valence-electron chi connectivity index (χ3n) is 1.55. The lowest BCUT2D eigenvalue weighted by atomic mass is 10.2. The molecule has 0 aliphatic rings. The van der Waals surface area contributed by atoms with Gasteiger partial charge >= 0.3 is 0 Å². The van der Waals surface area contributed by atoms with E-state index >= 15 is 0 Å². The van der Waals surface area contributed by atoms with Gasteiger partial charge in [-0.15, -0.1) is 0 Å². The van der Waals surface area contributed by atoms with Gasteiger partial charge in [0.2, 0.25) is 0 Å². The number of rotatable bonds is 4. The van der Waals surface area contributed by atoms with Crippen LogP contribution >= 0.6 is 0 Å². The fourth-order valence-electron chi connectivity index (χ4n) is 0.941. The molecule has 0 aliphatic heterocycles. The van der Waals surface area contributed by atoms with Crippen molar-refractivity contribution in [2.75, 3.05) is 6.61 Å². The minimum absolute atomic E-state index is 0.0452. The highest BCUT2D eigenvalue weighted by Gasteiger charge is 1.91. The van der Waals surface area contributed by atoms with Crippen LogP contribution in [0.4, 0.5) is 0 Å². The average Bonchev–Trinajstić information content (AvgIpc) is 2.25. The van der Waals surface area contributed by atoms with Crippen LogP contribution in [0.25, 0.3) is 6.08 Å². The highest BCUT2D eigenvalue weighted by molar-refractivity contribution is 5.73. The summed E-state index contributed by atoms with van der Waals surface area (Å²) in [4.78, 5) is 10.0. The molecule has 0 spiro atoms. The molecule has 0 radical (unpaired) electrons. The second kappa shape index (κ2) is 5.55. The molecule has 0 aromatic heterocycles. The molecule has 14 heavy (non-hydrogen) atoms. The SMILES string of the molecule is N#CCOc1ccc(C=CC=O)cc1. The van der Waals surface area contributed by atoms with Gasteiger partial charge in [0.1, 0.15) is 18.1 Å². The van der Waals surface area contributed by atoms with Crippen LogP contribution in [0.5, 0.6) is 5.75 Å². The van der Waals surface area contributed by atoms with Gasteiger partial charge in [-0.2, -0.15) is 5.26 Å². The maximum atomic E-state index is 10.0. The first-order valence-corrected chi connectivity index (χ1v) is 4.08. The van der Waals surface area contributed by atoms with E-state index in [-0.39, 0.29) is 6.61 Å². The first kappa shape index (κ1) is 10.0. The van der Waals surface area contributed by atoms with E-state index in [1.807, 2.05) is 18.2 Å². The number of allylic oxidation sites excluding steroid dienone is 1. The zero-order valence-electron chi connectivity index (χ0n) is 7.51. The van der Waals surface area contributed by atoms with E-state index in [0.717, 1.165) is 11.8 Å². The minimum atomic E-state index is 0.0452. The summed E-state index contributed by atoms with van der Waals surface area (Å²) in [5.41, 5.74) is 0.918. The summed E-state index contributed by atoms with van der Waals surface area (Å²) in [5.74, 6) is 0.648. The molecule has 1 aromatic rings. The van der Waals surface area contributed by atoms with Crippen molar-refractivity contribution in [1.82, 2.24) is 0 Å². The van der Waals surface area contributed by atoms with Crippen molar-refractivity contribution in [3.63, 3.8) is 0 Å². The van der Waals surface area contributed by atoms with E-state index in [9.17, 15) is 4.79 Å². The smallest absolute Gasteiger partial charge is 0.174 e. The fourth-order valence-corrected chi connectivity index (χ4v) is 0.941. The van der Waals surface area contributed by atoms with Gasteiger partial charge in [-0.05, 0) is 23.8 Å². The van der Waals surface area contributed by atoms with Crippen molar-refractivity contribution in [3.8, 4) is 11.8 Å². The largest absolute Gasteiger partial charge is 0.479 e. The lowest BCUT2D eigenvalue weighted by Gasteiger charge is -2.00. The van der Waals surface area contributed by atoms with Crippen LogP contribution < -0.4 is 4.74 Å². The standard InChI is InChI=1S/C11H9NO2/c12-7-9-14-11-5-3-10(4-6-11)2-1-8-13/h1-6,8H,9H2. The molecule has 0 heterocycles. The predicted molar refractivity (Wildman–Crippen MR) is 52.6 cm³/mol. The highest BCUT2D eigenvalue weighted by Crippen LogP contribution is 2.12. The van der Waals surface area contributed by atoms with Crippen LogP contribution in [0, 0.1) is 11.3 Å². The maximum Gasteiger partial charge on any atom is 0.174 e. The number of benzene rings is 1. The Balaban J connectivity index is 2.64. The summed E-state index contributed by atoms with van der Waals surface area (Å²) in [6.45, 7) is 0.0452. The molecule has 0 aliphatic carbocycles. The Bertz CT molecular complexity index is 360. The Hall–Kier alpha value is -2.08. The molecule has 0 bridgehead atoms. The number of nitriles is 1. The number of carbonyl (C=O) groups excluding carboxylic acids is 1. The van der Waals surface area contributed by atoms with Crippen LogP contribution in [-0.4, -0.2) is 12.9 Å². The van der Waals surface area contributed by atoms with Crippen molar-refractivity contribution in [2.45, 2.75) is 0 Å². The molecule has 0 atom stereocenters. The zero-order chi connectivity index (χ0) is 10.2. The third-order valence-corrected chi connectivity index (χ3v) is 1.55. The van der Waals surface area contributed by atoms with Crippen LogP contribution in [0.15, 0.2) is 30.3 Å². The molecular formula is C11H9NO2. The van der Waals surface area contributed by atoms with E-state index in [1.54, 1.807) is 18.2 Å². The quantitative estimate of drug-likeness (QED) is 0.533. The molecule has 1 aromatic carbocycles. The summed E-state index contributed by atoms with van der Waals surface area (Å²) in [5, 5.41) is 8.27. The zero-order valence-corrected chi connectivity index (χ0v) is 7.51. The molecule has 0 saturated carbocycles. The van der Waals surface area contributed by atoms with Gasteiger partial charge in [-0.3, -0.25) is 4.79 Å². The molecular weight excluding hydrogens is 178 g/mol. The van der Waals surface area contributed by atoms with Crippen molar-refractivity contribution in [2.24, 2.45) is 0 Å². The fraction of sp³-hybridized carbons (Fsp3) is 0.0909. The summed E-state index contributed by atoms with van der Waals surface area (Å²) in [7, 11) is 0. The molecule has 1 rings (SSSR count). The third kappa shape index (κ3) is 3.11. The van der Waals surface area contributed by atoms with Gasteiger partial charge < -0.3 is 4.74 Å². The van der Waals surface area contributed by atoms with Gasteiger partial charge in [-0.25, -0.2) is 0 Å². The Morgan fingerprint density at radius 3 is 2.64 bits per heavy atom. The van der Waals surface area contributed by atoms with Crippen molar-refractivity contribution >= 4 is 12.4 Å². The number of hydrogen-bond acceptors (Lipinski definition) is 3. The number of nitrogens with zero attached hydrogens (tertiary/aromatic N) is 1. The molecule has 0 saturated heterocycles. The van der Waals surface area contributed by atoms with Gasteiger partial charge in [0, 0.05) is 0 Å². The summed E-state index contributed by atoms with van der Waals surface area (Å²) in [6.07, 6.45) is 3.84. The summed E-state index contributed by atoms with van der Waals surface area (Å²) >= 11 is 0. The van der Waals surface area contributed by atoms with E-state index in [4.69, 9.17) is 10.00 Å². The van der Waals surface area contributed by atoms with Gasteiger partial charge in [0.05, 0.1) is 0 Å². The second-order valence-electron chi connectivity index (χ2n) is 2.51. The first-order chi connectivity index (χ1) is 6.86. The first-order valence-electron chi connectivity index (χ1n) is 4.08. The molecule has 3 heteroatoms. The van der Waals surface area contributed by atoms with Gasteiger partial charge in [0.15, 0.2) is 6.61 Å². The van der Waals surface area contributed by atoms with E-state index in [0.29, 0.717) is 5.75 Å². The van der Waals surface area contributed by atoms with Gasteiger partial charge in [0.25, 0.3) is 0 Å². The van der Waals surface area contributed by atoms with Crippen LogP contribution in [0.3, 0.4) is 0 Å². The second-order valence-corrected chi connectivity index (χ2v) is 2.51. The summed E-state index contributed by atoms with van der Waals surface area (Å²) in [6, 6.07) is 9.01. The number of aldehydes is 1. The van der Waals surface area contributed by atoms with Crippen molar-refractivity contribution in [1.29, 1.82) is 5.26 Å². The summed E-state index contributed by atoms with van der Waals surface area (Å²) < 4.78 is 5.06. The molecule has 3 nitrogen and oxygen atoms in total. The predicted octanol–water partition coefficient (Wildman–Crippen LogP) is 1.80. The van der Waals surface area contributed by atoms with Crippen molar-refractivity contribution in [3.05, 3.63) is 35.9 Å². The number of hydrogen-bond donors (Lipinski definition) is 0. The monoisotopic (exact) mass is 187 g/mol. The Morgan fingerprint density at radius 2 is 2.07 bits per heavy atom. The molecule has 0 N–H and O–H groups in total. The van der Waals surface area contributed by atoms with Gasteiger partial charge in [-0.1, -0.05) is 18.2 Å². The molecule has 0 fully saturated rings. The average molecular weight is 187 g/mol. The lowest BCUT2D eigenvalue weighted by molar-refractivity contribution is -0.104. The van der Waals surface area contributed by atoms with Crippen LogP contribution in [-0.2, 0) is 4.79 Å². The number of ether oxygens (including phenoxy) is 1. The number of carbonyl (C=O) groups is 1. The molecule has 0 unspecified atom stereocenters. The van der Waals surface area contributed by atoms with Crippen LogP contribution in [0.2, 0.25) is 0 Å². The molecule has 0 amide bonds. The normalized spacial score (nSPS) is 9.64. The maximum absolute atomic E-state index is 10.0. The van der Waals surface area contributed by atoms with E-state index in [2.05, 4.69) is 0 Å². The molecule has 70 valence electrons. The Kier molecular flexibility index (Phi) is 3.96. The topological polar surface area (TPSA) is 50.1 Å². The lowest BCUT2D eigenvalue weighted by Crippen LogP contribution is -1.92. The Labute approximate surface area is 82.2 Å². The minimum Gasteiger partial charge on any atom is -0.479 e. The van der Waals surface area contributed by atoms with E-state index in [1.165, 1.54) is 6.08 Å². The highest BCUT2D eigenvalue weighted by atomic mass is 16.5. The van der Waals surface area contributed by atoms with Crippen molar-refractivity contribution < 1.29 is 9.53 Å². The van der Waals surface area contributed by atoms with Crippen LogP contribution in [0.1, 0.15) is 5.56 Å². The Morgan fingerprint density at radius 1 is 1.36 bits per heavy atom.